The molecule has 0 spiro atoms. The van der Waals surface area contributed by atoms with Crippen LogP contribution in [-0.2, 0) is 0 Å². The van der Waals surface area contributed by atoms with E-state index >= 15 is 0 Å². The van der Waals surface area contributed by atoms with Crippen molar-refractivity contribution >= 4 is 11.5 Å². The van der Waals surface area contributed by atoms with Gasteiger partial charge in [-0.1, -0.05) is 13.8 Å². The van der Waals surface area contributed by atoms with E-state index in [1.54, 1.807) is 0 Å². The number of aromatic nitrogens is 3. The summed E-state index contributed by atoms with van der Waals surface area (Å²) in [7, 11) is 4.02. The Balaban J connectivity index is 2.06. The van der Waals surface area contributed by atoms with E-state index in [0.717, 1.165) is 29.4 Å². The molecule has 2 atom stereocenters. The van der Waals surface area contributed by atoms with Crippen LogP contribution in [0.4, 0.5) is 5.82 Å². The van der Waals surface area contributed by atoms with Crippen molar-refractivity contribution in [2.45, 2.75) is 38.8 Å². The lowest BCUT2D eigenvalue weighted by Crippen LogP contribution is -2.38. The predicted molar refractivity (Wildman–Crippen MR) is 87.5 cm³/mol. The van der Waals surface area contributed by atoms with Gasteiger partial charge in [0, 0.05) is 30.9 Å². The number of anilines is 1. The molecular weight excluding hydrogens is 278 g/mol. The van der Waals surface area contributed by atoms with Crippen LogP contribution in [0, 0.1) is 6.92 Å². The monoisotopic (exact) mass is 303 g/mol. The summed E-state index contributed by atoms with van der Waals surface area (Å²) in [5, 5.41) is 14.9. The Morgan fingerprint density at radius 1 is 1.27 bits per heavy atom. The number of β-amino-alcohol motifs (C(OH)–C–C–N with tert-alkyl or cyclic N) is 1. The highest BCUT2D eigenvalue weighted by atomic mass is 16.3. The van der Waals surface area contributed by atoms with Crippen molar-refractivity contribution < 1.29 is 5.11 Å². The van der Waals surface area contributed by atoms with Crippen LogP contribution in [0.25, 0.3) is 5.65 Å². The smallest absolute Gasteiger partial charge is 0.157 e. The molecule has 0 saturated carbocycles. The lowest BCUT2D eigenvalue weighted by atomic mass is 10.1. The van der Waals surface area contributed by atoms with Gasteiger partial charge in [0.15, 0.2) is 5.65 Å². The van der Waals surface area contributed by atoms with Gasteiger partial charge in [0.05, 0.1) is 17.8 Å². The molecule has 0 amide bonds. The third-order valence-corrected chi connectivity index (χ3v) is 4.39. The summed E-state index contributed by atoms with van der Waals surface area (Å²) in [6, 6.07) is 4.25. The van der Waals surface area contributed by atoms with Crippen LogP contribution in [0.2, 0.25) is 0 Å². The van der Waals surface area contributed by atoms with E-state index in [1.165, 1.54) is 0 Å². The zero-order valence-corrected chi connectivity index (χ0v) is 14.0. The molecule has 0 radical (unpaired) electrons. The molecule has 1 fully saturated rings. The first kappa shape index (κ1) is 15.2. The van der Waals surface area contributed by atoms with Crippen molar-refractivity contribution in [3.8, 4) is 0 Å². The summed E-state index contributed by atoms with van der Waals surface area (Å²) in [5.74, 6) is 1.38. The standard InChI is InChI=1S/C16H25N5O/c1-10(2)12-7-16(21-15(17-12)6-11(3)18-21)20-8-13(19(4)5)14(22)9-20/h6-7,10,13-14,22H,8-9H2,1-5H3/t13-,14-/m0/s1. The molecule has 1 aliphatic heterocycles. The summed E-state index contributed by atoms with van der Waals surface area (Å²) in [6.07, 6.45) is -0.350. The number of fused-ring (bicyclic) bond motifs is 1. The second-order valence-corrected chi connectivity index (χ2v) is 6.75. The van der Waals surface area contributed by atoms with E-state index in [-0.39, 0.29) is 12.1 Å². The Hall–Kier alpha value is -1.66. The molecule has 0 aromatic carbocycles. The van der Waals surface area contributed by atoms with Gasteiger partial charge in [-0.3, -0.25) is 0 Å². The maximum absolute atomic E-state index is 10.3. The SMILES string of the molecule is Cc1cc2nc(C(C)C)cc(N3C[C@H](O)[C@@H](N(C)C)C3)n2n1. The van der Waals surface area contributed by atoms with E-state index in [2.05, 4.69) is 34.8 Å². The fourth-order valence-corrected chi connectivity index (χ4v) is 3.08. The van der Waals surface area contributed by atoms with E-state index in [0.29, 0.717) is 12.5 Å². The minimum Gasteiger partial charge on any atom is -0.390 e. The van der Waals surface area contributed by atoms with Gasteiger partial charge < -0.3 is 14.9 Å². The Bertz CT molecular complexity index is 678. The largest absolute Gasteiger partial charge is 0.390 e. The third kappa shape index (κ3) is 2.57. The summed E-state index contributed by atoms with van der Waals surface area (Å²) >= 11 is 0. The molecule has 2 aromatic heterocycles. The lowest BCUT2D eigenvalue weighted by Gasteiger charge is -2.23. The van der Waals surface area contributed by atoms with Gasteiger partial charge in [-0.2, -0.15) is 9.61 Å². The number of likely N-dealkylation sites (N-methyl/N-ethyl adjacent to an activating group) is 1. The van der Waals surface area contributed by atoms with Gasteiger partial charge in [-0.05, 0) is 26.9 Å². The highest BCUT2D eigenvalue weighted by Crippen LogP contribution is 2.26. The fourth-order valence-electron chi connectivity index (χ4n) is 3.08. The number of nitrogens with zero attached hydrogens (tertiary/aromatic N) is 5. The molecule has 1 aliphatic rings. The second-order valence-electron chi connectivity index (χ2n) is 6.75. The molecule has 22 heavy (non-hydrogen) atoms. The van der Waals surface area contributed by atoms with Crippen molar-refractivity contribution in [3.63, 3.8) is 0 Å². The fraction of sp³-hybridized carbons (Fsp3) is 0.625. The maximum atomic E-state index is 10.3. The average molecular weight is 303 g/mol. The van der Waals surface area contributed by atoms with Gasteiger partial charge >= 0.3 is 0 Å². The molecular formula is C16H25N5O. The summed E-state index contributed by atoms with van der Waals surface area (Å²) in [4.78, 5) is 9.00. The Labute approximate surface area is 131 Å². The topological polar surface area (TPSA) is 56.9 Å². The minimum absolute atomic E-state index is 0.141. The van der Waals surface area contributed by atoms with Gasteiger partial charge in [0.25, 0.3) is 0 Å². The van der Waals surface area contributed by atoms with E-state index < -0.39 is 0 Å². The highest BCUT2D eigenvalue weighted by molar-refractivity contribution is 5.53. The van der Waals surface area contributed by atoms with Gasteiger partial charge in [0.1, 0.15) is 5.82 Å². The van der Waals surface area contributed by atoms with E-state index in [1.807, 2.05) is 31.6 Å². The second kappa shape index (κ2) is 5.52. The number of rotatable bonds is 3. The van der Waals surface area contributed by atoms with Crippen LogP contribution in [0.5, 0.6) is 0 Å². The zero-order valence-electron chi connectivity index (χ0n) is 14.0. The van der Waals surface area contributed by atoms with Crippen LogP contribution in [-0.4, -0.2) is 63.9 Å². The van der Waals surface area contributed by atoms with Crippen molar-refractivity contribution in [2.24, 2.45) is 0 Å². The van der Waals surface area contributed by atoms with Crippen LogP contribution in [0.3, 0.4) is 0 Å². The number of aryl methyl sites for hydroxylation is 1. The van der Waals surface area contributed by atoms with E-state index in [4.69, 9.17) is 4.98 Å². The molecule has 0 bridgehead atoms. The molecule has 0 aliphatic carbocycles. The molecule has 6 heteroatoms. The van der Waals surface area contributed by atoms with Gasteiger partial charge in [-0.15, -0.1) is 0 Å². The van der Waals surface area contributed by atoms with Crippen molar-refractivity contribution in [1.29, 1.82) is 0 Å². The van der Waals surface area contributed by atoms with Crippen LogP contribution >= 0.6 is 0 Å². The van der Waals surface area contributed by atoms with E-state index in [9.17, 15) is 5.11 Å². The maximum Gasteiger partial charge on any atom is 0.157 e. The van der Waals surface area contributed by atoms with Crippen LogP contribution in [0.15, 0.2) is 12.1 Å². The Kier molecular flexibility index (Phi) is 3.82. The molecule has 0 unspecified atom stereocenters. The predicted octanol–water partition coefficient (Wildman–Crippen LogP) is 1.27. The third-order valence-electron chi connectivity index (χ3n) is 4.39. The minimum atomic E-state index is -0.350. The first-order chi connectivity index (χ1) is 10.4. The van der Waals surface area contributed by atoms with Crippen molar-refractivity contribution in [2.75, 3.05) is 32.1 Å². The molecule has 3 rings (SSSR count). The summed E-state index contributed by atoms with van der Waals surface area (Å²) < 4.78 is 1.89. The van der Waals surface area contributed by atoms with Crippen molar-refractivity contribution in [3.05, 3.63) is 23.5 Å². The van der Waals surface area contributed by atoms with Gasteiger partial charge in [0.2, 0.25) is 0 Å². The number of hydrogen-bond donors (Lipinski definition) is 1. The highest BCUT2D eigenvalue weighted by Gasteiger charge is 2.34. The Morgan fingerprint density at radius 3 is 2.59 bits per heavy atom. The number of aliphatic hydroxyl groups excluding tert-OH is 1. The van der Waals surface area contributed by atoms with Crippen molar-refractivity contribution in [1.82, 2.24) is 19.5 Å². The quantitative estimate of drug-likeness (QED) is 0.925. The molecule has 120 valence electrons. The average Bonchev–Trinajstić information content (AvgIpc) is 2.99. The molecule has 1 saturated heterocycles. The van der Waals surface area contributed by atoms with Gasteiger partial charge in [-0.25, -0.2) is 4.98 Å². The number of hydrogen-bond acceptors (Lipinski definition) is 5. The molecule has 1 N–H and O–H groups in total. The normalized spacial score (nSPS) is 22.5. The zero-order chi connectivity index (χ0) is 16.0. The lowest BCUT2D eigenvalue weighted by molar-refractivity contribution is 0.114. The summed E-state index contributed by atoms with van der Waals surface area (Å²) in [5.41, 5.74) is 2.89. The Morgan fingerprint density at radius 2 is 2.00 bits per heavy atom. The molecule has 2 aromatic rings. The molecule has 3 heterocycles. The first-order valence-electron chi connectivity index (χ1n) is 7.83. The van der Waals surface area contributed by atoms with Crippen LogP contribution < -0.4 is 4.90 Å². The molecule has 6 nitrogen and oxygen atoms in total. The number of aliphatic hydroxyl groups is 1. The summed E-state index contributed by atoms with van der Waals surface area (Å²) in [6.45, 7) is 7.69. The van der Waals surface area contributed by atoms with Crippen LogP contribution in [0.1, 0.15) is 31.2 Å². The first-order valence-corrected chi connectivity index (χ1v) is 7.83.